The minimum absolute atomic E-state index is 0.140. The topological polar surface area (TPSA) is 66.5 Å². The Labute approximate surface area is 165 Å². The molecule has 2 aromatic carbocycles. The molecule has 1 saturated heterocycles. The standard InChI is InChI=1S/C20H23ClN2O3S/c1-2-15-5-3-7-18(13-15)22-20(24)16-6-4-12-23(14-16)27(25,26)19-10-8-17(21)9-11-19/h3,5,7-11,13,16H,2,4,6,12,14H2,1H3,(H,22,24). The van der Waals surface area contributed by atoms with E-state index in [-0.39, 0.29) is 23.3 Å². The minimum Gasteiger partial charge on any atom is -0.326 e. The lowest BCUT2D eigenvalue weighted by molar-refractivity contribution is -0.120. The van der Waals surface area contributed by atoms with Crippen LogP contribution in [0, 0.1) is 5.92 Å². The molecule has 1 fully saturated rings. The fourth-order valence-electron chi connectivity index (χ4n) is 3.24. The predicted octanol–water partition coefficient (Wildman–Crippen LogP) is 3.94. The number of anilines is 1. The average Bonchev–Trinajstić information content (AvgIpc) is 2.68. The Morgan fingerprint density at radius 1 is 1.22 bits per heavy atom. The molecular formula is C20H23ClN2O3S. The first kappa shape index (κ1) is 19.9. The number of rotatable bonds is 5. The second-order valence-corrected chi connectivity index (χ2v) is 9.07. The maximum absolute atomic E-state index is 12.9. The third-order valence-corrected chi connectivity index (χ3v) is 6.94. The summed E-state index contributed by atoms with van der Waals surface area (Å²) in [6.07, 6.45) is 2.21. The summed E-state index contributed by atoms with van der Waals surface area (Å²) in [5.41, 5.74) is 1.89. The maximum Gasteiger partial charge on any atom is 0.243 e. The number of sulfonamides is 1. The Hall–Kier alpha value is -1.89. The highest BCUT2D eigenvalue weighted by molar-refractivity contribution is 7.89. The van der Waals surface area contributed by atoms with Gasteiger partial charge < -0.3 is 5.32 Å². The van der Waals surface area contributed by atoms with Crippen molar-refractivity contribution in [2.45, 2.75) is 31.1 Å². The number of nitrogens with zero attached hydrogens (tertiary/aromatic N) is 1. The van der Waals surface area contributed by atoms with Gasteiger partial charge >= 0.3 is 0 Å². The second kappa shape index (κ2) is 8.42. The van der Waals surface area contributed by atoms with Crippen LogP contribution in [0.4, 0.5) is 5.69 Å². The number of carbonyl (C=O) groups is 1. The summed E-state index contributed by atoms with van der Waals surface area (Å²) >= 11 is 5.85. The number of hydrogen-bond acceptors (Lipinski definition) is 3. The van der Waals surface area contributed by atoms with E-state index in [2.05, 4.69) is 12.2 Å². The molecule has 0 bridgehead atoms. The number of piperidine rings is 1. The molecule has 1 aliphatic heterocycles. The largest absolute Gasteiger partial charge is 0.326 e. The van der Waals surface area contributed by atoms with E-state index in [1.807, 2.05) is 24.3 Å². The Morgan fingerprint density at radius 2 is 1.96 bits per heavy atom. The van der Waals surface area contributed by atoms with Gasteiger partial charge in [-0.2, -0.15) is 4.31 Å². The quantitative estimate of drug-likeness (QED) is 0.817. The first-order valence-electron chi connectivity index (χ1n) is 9.05. The lowest BCUT2D eigenvalue weighted by Crippen LogP contribution is -2.43. The van der Waals surface area contributed by atoms with Gasteiger partial charge in [0.1, 0.15) is 0 Å². The molecule has 1 N–H and O–H groups in total. The van der Waals surface area contributed by atoms with Crippen molar-refractivity contribution in [3.63, 3.8) is 0 Å². The van der Waals surface area contributed by atoms with Crippen molar-refractivity contribution in [2.24, 2.45) is 5.92 Å². The zero-order chi connectivity index (χ0) is 19.4. The molecule has 1 atom stereocenters. The van der Waals surface area contributed by atoms with Crippen LogP contribution in [0.2, 0.25) is 5.02 Å². The molecule has 27 heavy (non-hydrogen) atoms. The first-order valence-corrected chi connectivity index (χ1v) is 10.9. The molecule has 0 radical (unpaired) electrons. The Balaban J connectivity index is 1.71. The van der Waals surface area contributed by atoms with Gasteiger partial charge in [0, 0.05) is 23.8 Å². The van der Waals surface area contributed by atoms with Crippen LogP contribution in [0.5, 0.6) is 0 Å². The van der Waals surface area contributed by atoms with Gasteiger partial charge in [-0.15, -0.1) is 0 Å². The van der Waals surface area contributed by atoms with Gasteiger partial charge in [-0.1, -0.05) is 30.7 Å². The Bertz CT molecular complexity index is 913. The monoisotopic (exact) mass is 406 g/mol. The third kappa shape index (κ3) is 4.69. The molecule has 1 aliphatic rings. The summed E-state index contributed by atoms with van der Waals surface area (Å²) in [5.74, 6) is -0.509. The molecule has 2 aromatic rings. The summed E-state index contributed by atoms with van der Waals surface area (Å²) < 4.78 is 27.1. The zero-order valence-corrected chi connectivity index (χ0v) is 16.8. The van der Waals surface area contributed by atoms with Crippen LogP contribution in [-0.2, 0) is 21.2 Å². The van der Waals surface area contributed by atoms with Gasteiger partial charge in [-0.25, -0.2) is 8.42 Å². The number of hydrogen-bond donors (Lipinski definition) is 1. The molecule has 3 rings (SSSR count). The van der Waals surface area contributed by atoms with E-state index in [4.69, 9.17) is 11.6 Å². The number of amides is 1. The first-order chi connectivity index (χ1) is 12.9. The second-order valence-electron chi connectivity index (χ2n) is 6.70. The number of carbonyl (C=O) groups excluding carboxylic acids is 1. The van der Waals surface area contributed by atoms with Gasteiger partial charge in [0.05, 0.1) is 10.8 Å². The van der Waals surface area contributed by atoms with E-state index in [9.17, 15) is 13.2 Å². The van der Waals surface area contributed by atoms with Gasteiger partial charge in [-0.3, -0.25) is 4.79 Å². The highest BCUT2D eigenvalue weighted by Crippen LogP contribution is 2.25. The smallest absolute Gasteiger partial charge is 0.243 e. The van der Waals surface area contributed by atoms with Crippen LogP contribution >= 0.6 is 11.6 Å². The molecule has 0 spiro atoms. The van der Waals surface area contributed by atoms with Crippen molar-refractivity contribution in [1.29, 1.82) is 0 Å². The highest BCUT2D eigenvalue weighted by Gasteiger charge is 2.33. The van der Waals surface area contributed by atoms with Crippen LogP contribution in [0.25, 0.3) is 0 Å². The number of benzene rings is 2. The van der Waals surface area contributed by atoms with Crippen molar-refractivity contribution in [1.82, 2.24) is 4.31 Å². The fourth-order valence-corrected chi connectivity index (χ4v) is 4.89. The van der Waals surface area contributed by atoms with Crippen molar-refractivity contribution < 1.29 is 13.2 Å². The Morgan fingerprint density at radius 3 is 2.67 bits per heavy atom. The lowest BCUT2D eigenvalue weighted by atomic mass is 9.98. The van der Waals surface area contributed by atoms with E-state index in [0.717, 1.165) is 17.7 Å². The third-order valence-electron chi connectivity index (χ3n) is 4.81. The van der Waals surface area contributed by atoms with E-state index < -0.39 is 10.0 Å². The molecule has 0 aromatic heterocycles. The van der Waals surface area contributed by atoms with E-state index in [1.54, 1.807) is 12.1 Å². The molecule has 0 aliphatic carbocycles. The summed E-state index contributed by atoms with van der Waals surface area (Å²) in [6, 6.07) is 13.8. The van der Waals surface area contributed by atoms with Crippen LogP contribution < -0.4 is 5.32 Å². The summed E-state index contributed by atoms with van der Waals surface area (Å²) in [4.78, 5) is 12.9. The highest BCUT2D eigenvalue weighted by atomic mass is 35.5. The van der Waals surface area contributed by atoms with Crippen molar-refractivity contribution in [3.05, 3.63) is 59.1 Å². The summed E-state index contributed by atoms with van der Waals surface area (Å²) in [6.45, 7) is 2.66. The van der Waals surface area contributed by atoms with Crippen molar-refractivity contribution in [2.75, 3.05) is 18.4 Å². The molecule has 1 amide bonds. The van der Waals surface area contributed by atoms with Crippen LogP contribution in [-0.4, -0.2) is 31.7 Å². The van der Waals surface area contributed by atoms with Gasteiger partial charge in [0.2, 0.25) is 15.9 Å². The summed E-state index contributed by atoms with van der Waals surface area (Å²) in [7, 11) is -3.63. The molecule has 1 heterocycles. The van der Waals surface area contributed by atoms with E-state index >= 15 is 0 Å². The van der Waals surface area contributed by atoms with E-state index in [0.29, 0.717) is 24.4 Å². The van der Waals surface area contributed by atoms with Gasteiger partial charge in [0.25, 0.3) is 0 Å². The number of halogens is 1. The fraction of sp³-hybridized carbons (Fsp3) is 0.350. The predicted molar refractivity (Wildman–Crippen MR) is 107 cm³/mol. The molecule has 144 valence electrons. The Kier molecular flexibility index (Phi) is 6.19. The molecule has 1 unspecified atom stereocenters. The maximum atomic E-state index is 12.9. The van der Waals surface area contributed by atoms with E-state index in [1.165, 1.54) is 16.4 Å². The van der Waals surface area contributed by atoms with Crippen molar-refractivity contribution in [3.8, 4) is 0 Å². The number of nitrogens with one attached hydrogen (secondary N) is 1. The molecular weight excluding hydrogens is 384 g/mol. The lowest BCUT2D eigenvalue weighted by Gasteiger charge is -2.31. The van der Waals surface area contributed by atoms with Crippen LogP contribution in [0.3, 0.4) is 0 Å². The normalized spacial score (nSPS) is 18.2. The van der Waals surface area contributed by atoms with Gasteiger partial charge in [0.15, 0.2) is 0 Å². The zero-order valence-electron chi connectivity index (χ0n) is 15.2. The molecule has 0 saturated carbocycles. The number of aryl methyl sites for hydroxylation is 1. The minimum atomic E-state index is -3.63. The van der Waals surface area contributed by atoms with Crippen LogP contribution in [0.15, 0.2) is 53.4 Å². The molecule has 5 nitrogen and oxygen atoms in total. The van der Waals surface area contributed by atoms with Crippen molar-refractivity contribution >= 4 is 33.2 Å². The SMILES string of the molecule is CCc1cccc(NC(=O)C2CCCN(S(=O)(=O)c3ccc(Cl)cc3)C2)c1. The van der Waals surface area contributed by atoms with Crippen LogP contribution in [0.1, 0.15) is 25.3 Å². The summed E-state index contributed by atoms with van der Waals surface area (Å²) in [5, 5.41) is 3.41. The molecule has 7 heteroatoms. The van der Waals surface area contributed by atoms with Gasteiger partial charge in [-0.05, 0) is 61.2 Å². The average molecular weight is 407 g/mol.